The first-order valence-corrected chi connectivity index (χ1v) is 5.19. The molecule has 0 aliphatic carbocycles. The quantitative estimate of drug-likeness (QED) is 0.780. The van der Waals surface area contributed by atoms with E-state index in [1.807, 2.05) is 6.20 Å². The molecule has 5 nitrogen and oxygen atoms in total. The Hall–Kier alpha value is -1.75. The second-order valence-corrected chi connectivity index (χ2v) is 3.98. The van der Waals surface area contributed by atoms with Crippen molar-refractivity contribution in [1.29, 1.82) is 0 Å². The molecule has 84 valence electrons. The van der Waals surface area contributed by atoms with Gasteiger partial charge in [-0.05, 0) is 11.5 Å². The topological polar surface area (TPSA) is 73.3 Å². The summed E-state index contributed by atoms with van der Waals surface area (Å²) in [5, 5.41) is 0. The Morgan fingerprint density at radius 3 is 2.75 bits per heavy atom. The fraction of sp³-hybridized carbons (Fsp3) is 0.364. The molecular formula is C11H14N4O. The van der Waals surface area contributed by atoms with Gasteiger partial charge in [0.15, 0.2) is 5.78 Å². The van der Waals surface area contributed by atoms with Crippen molar-refractivity contribution in [3.8, 4) is 0 Å². The van der Waals surface area contributed by atoms with Crippen molar-refractivity contribution in [3.05, 3.63) is 29.8 Å². The number of ketones is 1. The standard InChI is InChI=1S/C11H14N4O/c1-7(2)8-4-13-11-14-5-9(10(16)3-12)15(11)6-8/h4-7H,3,12H2,1-2H3. The Morgan fingerprint density at radius 1 is 1.44 bits per heavy atom. The van der Waals surface area contributed by atoms with Crippen molar-refractivity contribution in [2.24, 2.45) is 5.73 Å². The van der Waals surface area contributed by atoms with Crippen molar-refractivity contribution in [1.82, 2.24) is 14.4 Å². The molecule has 2 aromatic heterocycles. The van der Waals surface area contributed by atoms with E-state index in [9.17, 15) is 4.79 Å². The smallest absolute Gasteiger partial charge is 0.234 e. The summed E-state index contributed by atoms with van der Waals surface area (Å²) in [5.74, 6) is 0.761. The molecule has 0 amide bonds. The molecule has 0 aliphatic heterocycles. The van der Waals surface area contributed by atoms with Crippen molar-refractivity contribution in [3.63, 3.8) is 0 Å². The molecule has 0 aromatic carbocycles. The molecule has 0 aliphatic rings. The van der Waals surface area contributed by atoms with Crippen LogP contribution in [0.15, 0.2) is 18.6 Å². The number of hydrogen-bond acceptors (Lipinski definition) is 4. The number of nitrogens with two attached hydrogens (primary N) is 1. The van der Waals surface area contributed by atoms with Crippen LogP contribution >= 0.6 is 0 Å². The number of carbonyl (C=O) groups is 1. The Kier molecular flexibility index (Phi) is 2.70. The number of imidazole rings is 1. The van der Waals surface area contributed by atoms with E-state index >= 15 is 0 Å². The average Bonchev–Trinajstić information content (AvgIpc) is 2.70. The first-order valence-electron chi connectivity index (χ1n) is 5.19. The number of Topliss-reactive ketones (excluding diaryl/α,β-unsaturated/α-hetero) is 1. The lowest BCUT2D eigenvalue weighted by Crippen LogP contribution is -2.15. The predicted molar refractivity (Wildman–Crippen MR) is 60.5 cm³/mol. The maximum atomic E-state index is 11.6. The molecule has 0 saturated carbocycles. The average molecular weight is 218 g/mol. The van der Waals surface area contributed by atoms with E-state index in [-0.39, 0.29) is 12.3 Å². The Morgan fingerprint density at radius 2 is 2.12 bits per heavy atom. The summed E-state index contributed by atoms with van der Waals surface area (Å²) in [4.78, 5) is 19.8. The normalized spacial score (nSPS) is 11.2. The van der Waals surface area contributed by atoms with Crippen molar-refractivity contribution in [2.45, 2.75) is 19.8 Å². The SMILES string of the molecule is CC(C)c1cnc2ncc(C(=O)CN)n2c1. The van der Waals surface area contributed by atoms with Crippen LogP contribution in [0.5, 0.6) is 0 Å². The van der Waals surface area contributed by atoms with E-state index in [0.29, 0.717) is 17.4 Å². The summed E-state index contributed by atoms with van der Waals surface area (Å²) in [5.41, 5.74) is 6.90. The van der Waals surface area contributed by atoms with Crippen LogP contribution in [-0.2, 0) is 0 Å². The molecule has 0 saturated heterocycles. The summed E-state index contributed by atoms with van der Waals surface area (Å²) in [7, 11) is 0. The van der Waals surface area contributed by atoms with Gasteiger partial charge in [-0.3, -0.25) is 9.20 Å². The second kappa shape index (κ2) is 4.02. The molecule has 0 bridgehead atoms. The van der Waals surface area contributed by atoms with Gasteiger partial charge in [-0.25, -0.2) is 9.97 Å². The van der Waals surface area contributed by atoms with Gasteiger partial charge < -0.3 is 5.73 Å². The van der Waals surface area contributed by atoms with Gasteiger partial charge in [0, 0.05) is 12.4 Å². The molecule has 5 heteroatoms. The molecule has 2 heterocycles. The molecule has 0 radical (unpaired) electrons. The Balaban J connectivity index is 2.60. The summed E-state index contributed by atoms with van der Waals surface area (Å²) < 4.78 is 1.70. The lowest BCUT2D eigenvalue weighted by Gasteiger charge is -2.05. The number of hydrogen-bond donors (Lipinski definition) is 1. The zero-order chi connectivity index (χ0) is 11.7. The van der Waals surface area contributed by atoms with Crippen LogP contribution in [0.1, 0.15) is 35.8 Å². The summed E-state index contributed by atoms with van der Waals surface area (Å²) in [6.45, 7) is 4.13. The van der Waals surface area contributed by atoms with Gasteiger partial charge in [0.2, 0.25) is 5.78 Å². The zero-order valence-corrected chi connectivity index (χ0v) is 9.34. The molecule has 0 spiro atoms. The lowest BCUT2D eigenvalue weighted by molar-refractivity contribution is 0.0996. The fourth-order valence-electron chi connectivity index (χ4n) is 1.50. The highest BCUT2D eigenvalue weighted by molar-refractivity contribution is 5.96. The molecular weight excluding hydrogens is 204 g/mol. The van der Waals surface area contributed by atoms with Gasteiger partial charge in [0.05, 0.1) is 12.7 Å². The fourth-order valence-corrected chi connectivity index (χ4v) is 1.50. The second-order valence-electron chi connectivity index (χ2n) is 3.98. The van der Waals surface area contributed by atoms with Gasteiger partial charge in [0.25, 0.3) is 0 Å². The van der Waals surface area contributed by atoms with Crippen LogP contribution in [0.25, 0.3) is 5.78 Å². The summed E-state index contributed by atoms with van der Waals surface area (Å²) >= 11 is 0. The number of aromatic nitrogens is 3. The first kappa shape index (κ1) is 10.8. The monoisotopic (exact) mass is 218 g/mol. The van der Waals surface area contributed by atoms with Crippen molar-refractivity contribution < 1.29 is 4.79 Å². The molecule has 0 unspecified atom stereocenters. The van der Waals surface area contributed by atoms with E-state index in [1.54, 1.807) is 10.6 Å². The lowest BCUT2D eigenvalue weighted by atomic mass is 10.1. The van der Waals surface area contributed by atoms with Gasteiger partial charge >= 0.3 is 0 Å². The van der Waals surface area contributed by atoms with Crippen LogP contribution in [0.4, 0.5) is 0 Å². The number of fused-ring (bicyclic) bond motifs is 1. The van der Waals surface area contributed by atoms with Crippen LogP contribution in [0, 0.1) is 0 Å². The largest absolute Gasteiger partial charge is 0.324 e. The van der Waals surface area contributed by atoms with Gasteiger partial charge in [-0.15, -0.1) is 0 Å². The molecule has 2 aromatic rings. The van der Waals surface area contributed by atoms with E-state index in [0.717, 1.165) is 5.56 Å². The van der Waals surface area contributed by atoms with Crippen LogP contribution < -0.4 is 5.73 Å². The number of carbonyl (C=O) groups excluding carboxylic acids is 1. The van der Waals surface area contributed by atoms with Crippen LogP contribution in [0.2, 0.25) is 0 Å². The first-order chi connectivity index (χ1) is 7.63. The summed E-state index contributed by atoms with van der Waals surface area (Å²) in [6, 6.07) is 0. The van der Waals surface area contributed by atoms with E-state index in [2.05, 4.69) is 23.8 Å². The Bertz CT molecular complexity index is 530. The minimum Gasteiger partial charge on any atom is -0.324 e. The van der Waals surface area contributed by atoms with E-state index in [1.165, 1.54) is 6.20 Å². The van der Waals surface area contributed by atoms with Crippen molar-refractivity contribution in [2.75, 3.05) is 6.54 Å². The van der Waals surface area contributed by atoms with E-state index in [4.69, 9.17) is 5.73 Å². The third-order valence-electron chi connectivity index (χ3n) is 2.52. The highest BCUT2D eigenvalue weighted by Gasteiger charge is 2.12. The molecule has 0 atom stereocenters. The minimum atomic E-state index is -0.129. The molecule has 0 fully saturated rings. The van der Waals surface area contributed by atoms with Crippen molar-refractivity contribution >= 4 is 11.6 Å². The maximum absolute atomic E-state index is 11.6. The molecule has 16 heavy (non-hydrogen) atoms. The zero-order valence-electron chi connectivity index (χ0n) is 9.34. The summed E-state index contributed by atoms with van der Waals surface area (Å²) in [6.07, 6.45) is 5.19. The highest BCUT2D eigenvalue weighted by Crippen LogP contribution is 2.14. The third-order valence-corrected chi connectivity index (χ3v) is 2.52. The number of nitrogens with zero attached hydrogens (tertiary/aromatic N) is 3. The van der Waals surface area contributed by atoms with Gasteiger partial charge in [-0.1, -0.05) is 13.8 Å². The third kappa shape index (κ3) is 1.69. The predicted octanol–water partition coefficient (Wildman–Crippen LogP) is 0.994. The van der Waals surface area contributed by atoms with Crippen LogP contribution in [-0.4, -0.2) is 26.7 Å². The maximum Gasteiger partial charge on any atom is 0.234 e. The van der Waals surface area contributed by atoms with Gasteiger partial charge in [-0.2, -0.15) is 0 Å². The van der Waals surface area contributed by atoms with Crippen LogP contribution in [0.3, 0.4) is 0 Å². The van der Waals surface area contributed by atoms with E-state index < -0.39 is 0 Å². The van der Waals surface area contributed by atoms with Gasteiger partial charge in [0.1, 0.15) is 5.69 Å². The highest BCUT2D eigenvalue weighted by atomic mass is 16.1. The molecule has 2 rings (SSSR count). The minimum absolute atomic E-state index is 0.0142. The number of rotatable bonds is 3. The Labute approximate surface area is 93.3 Å². The molecule has 2 N–H and O–H groups in total.